The summed E-state index contributed by atoms with van der Waals surface area (Å²) in [6.07, 6.45) is 4.14. The van der Waals surface area contributed by atoms with Gasteiger partial charge in [0.2, 0.25) is 0 Å². The molecule has 88 valence electrons. The van der Waals surface area contributed by atoms with E-state index in [2.05, 4.69) is 4.72 Å². The molecule has 2 fully saturated rings. The summed E-state index contributed by atoms with van der Waals surface area (Å²) in [5.41, 5.74) is 5.57. The van der Waals surface area contributed by atoms with Crippen molar-refractivity contribution in [3.63, 3.8) is 0 Å². The Balaban J connectivity index is 1.95. The summed E-state index contributed by atoms with van der Waals surface area (Å²) in [7, 11) is -3.27. The van der Waals surface area contributed by atoms with Crippen molar-refractivity contribution in [2.75, 3.05) is 19.6 Å². The van der Waals surface area contributed by atoms with E-state index in [4.69, 9.17) is 5.73 Å². The Bertz CT molecular complexity index is 307. The first-order valence-corrected chi connectivity index (χ1v) is 7.05. The van der Waals surface area contributed by atoms with Crippen LogP contribution in [0, 0.1) is 5.92 Å². The lowest BCUT2D eigenvalue weighted by molar-refractivity contribution is 0.442. The topological polar surface area (TPSA) is 75.4 Å². The predicted octanol–water partition coefficient (Wildman–Crippen LogP) is -0.346. The Labute approximate surface area is 91.2 Å². The zero-order valence-corrected chi connectivity index (χ0v) is 9.67. The van der Waals surface area contributed by atoms with Crippen LogP contribution in [0.15, 0.2) is 0 Å². The molecule has 1 unspecified atom stereocenters. The summed E-state index contributed by atoms with van der Waals surface area (Å²) in [5, 5.41) is 0. The van der Waals surface area contributed by atoms with Gasteiger partial charge in [-0.1, -0.05) is 0 Å². The molecule has 0 bridgehead atoms. The summed E-state index contributed by atoms with van der Waals surface area (Å²) in [6.45, 7) is 1.70. The number of rotatable bonds is 5. The third-order valence-corrected chi connectivity index (χ3v) is 4.80. The van der Waals surface area contributed by atoms with Gasteiger partial charge in [-0.25, -0.2) is 0 Å². The van der Waals surface area contributed by atoms with Crippen molar-refractivity contribution in [2.24, 2.45) is 11.7 Å². The molecule has 0 aromatic rings. The highest BCUT2D eigenvalue weighted by atomic mass is 32.2. The van der Waals surface area contributed by atoms with Crippen LogP contribution < -0.4 is 10.5 Å². The first-order chi connectivity index (χ1) is 7.13. The van der Waals surface area contributed by atoms with E-state index in [0.717, 1.165) is 25.7 Å². The second kappa shape index (κ2) is 4.37. The van der Waals surface area contributed by atoms with Crippen LogP contribution in [0.2, 0.25) is 0 Å². The zero-order valence-electron chi connectivity index (χ0n) is 8.85. The monoisotopic (exact) mass is 233 g/mol. The summed E-state index contributed by atoms with van der Waals surface area (Å²) >= 11 is 0. The predicted molar refractivity (Wildman–Crippen MR) is 58.4 cm³/mol. The van der Waals surface area contributed by atoms with E-state index in [9.17, 15) is 8.42 Å². The highest BCUT2D eigenvalue weighted by Gasteiger charge is 2.35. The molecule has 5 nitrogen and oxygen atoms in total. The van der Waals surface area contributed by atoms with Gasteiger partial charge in [0.25, 0.3) is 10.2 Å². The smallest absolute Gasteiger partial charge is 0.279 e. The number of nitrogens with one attached hydrogen (secondary N) is 1. The van der Waals surface area contributed by atoms with E-state index in [1.54, 1.807) is 0 Å². The molecule has 1 aliphatic heterocycles. The lowest BCUT2D eigenvalue weighted by Crippen LogP contribution is -2.48. The molecule has 0 spiro atoms. The van der Waals surface area contributed by atoms with Gasteiger partial charge < -0.3 is 5.73 Å². The SMILES string of the molecule is NCC(NS(=O)(=O)N1CCCC1)C1CC1. The lowest BCUT2D eigenvalue weighted by atomic mass is 10.2. The van der Waals surface area contributed by atoms with Crippen LogP contribution in [0.3, 0.4) is 0 Å². The van der Waals surface area contributed by atoms with Gasteiger partial charge in [0.05, 0.1) is 0 Å². The van der Waals surface area contributed by atoms with Crippen LogP contribution in [-0.4, -0.2) is 38.4 Å². The second-order valence-corrected chi connectivity index (χ2v) is 6.11. The van der Waals surface area contributed by atoms with E-state index >= 15 is 0 Å². The van der Waals surface area contributed by atoms with Crippen LogP contribution in [0.4, 0.5) is 0 Å². The highest BCUT2D eigenvalue weighted by Crippen LogP contribution is 2.32. The standard InChI is InChI=1S/C9H19N3O2S/c10-7-9(8-3-4-8)11-15(13,14)12-5-1-2-6-12/h8-9,11H,1-7,10H2. The number of nitrogens with zero attached hydrogens (tertiary/aromatic N) is 1. The molecule has 0 aromatic heterocycles. The normalized spacial score (nSPS) is 25.7. The van der Waals surface area contributed by atoms with Crippen LogP contribution in [0.5, 0.6) is 0 Å². The molecule has 0 radical (unpaired) electrons. The van der Waals surface area contributed by atoms with E-state index < -0.39 is 10.2 Å². The Morgan fingerprint density at radius 3 is 2.40 bits per heavy atom. The lowest BCUT2D eigenvalue weighted by Gasteiger charge is -2.21. The van der Waals surface area contributed by atoms with Gasteiger partial charge in [-0.05, 0) is 31.6 Å². The maximum Gasteiger partial charge on any atom is 0.279 e. The summed E-state index contributed by atoms with van der Waals surface area (Å²) in [5.74, 6) is 0.465. The van der Waals surface area contributed by atoms with E-state index in [0.29, 0.717) is 25.6 Å². The fourth-order valence-corrected chi connectivity index (χ4v) is 3.59. The van der Waals surface area contributed by atoms with Crippen LogP contribution in [0.25, 0.3) is 0 Å². The van der Waals surface area contributed by atoms with E-state index in [-0.39, 0.29) is 6.04 Å². The molecule has 1 saturated heterocycles. The maximum absolute atomic E-state index is 11.9. The average Bonchev–Trinajstić information content (AvgIpc) is 2.88. The van der Waals surface area contributed by atoms with Gasteiger partial charge in [0, 0.05) is 25.7 Å². The van der Waals surface area contributed by atoms with Crippen molar-refractivity contribution in [3.05, 3.63) is 0 Å². The quantitative estimate of drug-likeness (QED) is 0.682. The Morgan fingerprint density at radius 2 is 1.93 bits per heavy atom. The van der Waals surface area contributed by atoms with Gasteiger partial charge >= 0.3 is 0 Å². The highest BCUT2D eigenvalue weighted by molar-refractivity contribution is 7.87. The zero-order chi connectivity index (χ0) is 10.9. The summed E-state index contributed by atoms with van der Waals surface area (Å²) < 4.78 is 28.0. The van der Waals surface area contributed by atoms with Gasteiger partial charge in [-0.3, -0.25) is 0 Å². The number of hydrogen-bond acceptors (Lipinski definition) is 3. The van der Waals surface area contributed by atoms with Crippen molar-refractivity contribution in [2.45, 2.75) is 31.7 Å². The minimum absolute atomic E-state index is 0.0596. The molecule has 3 N–H and O–H groups in total. The van der Waals surface area contributed by atoms with Crippen LogP contribution in [0.1, 0.15) is 25.7 Å². The average molecular weight is 233 g/mol. The third-order valence-electron chi connectivity index (χ3n) is 3.15. The fourth-order valence-electron chi connectivity index (χ4n) is 2.03. The largest absolute Gasteiger partial charge is 0.329 e. The summed E-state index contributed by atoms with van der Waals surface area (Å²) in [4.78, 5) is 0. The maximum atomic E-state index is 11.9. The molecule has 1 heterocycles. The van der Waals surface area contributed by atoms with Crippen molar-refractivity contribution < 1.29 is 8.42 Å². The molecule has 15 heavy (non-hydrogen) atoms. The Kier molecular flexibility index (Phi) is 3.30. The fraction of sp³-hybridized carbons (Fsp3) is 1.00. The number of nitrogens with two attached hydrogens (primary N) is 1. The van der Waals surface area contributed by atoms with Gasteiger partial charge in [0.15, 0.2) is 0 Å². The second-order valence-electron chi connectivity index (χ2n) is 4.41. The molecule has 6 heteroatoms. The first-order valence-electron chi connectivity index (χ1n) is 5.61. The van der Waals surface area contributed by atoms with Gasteiger partial charge in [0.1, 0.15) is 0 Å². The van der Waals surface area contributed by atoms with E-state index in [1.165, 1.54) is 4.31 Å². The molecule has 2 rings (SSSR count). The molecule has 0 amide bonds. The van der Waals surface area contributed by atoms with Crippen molar-refractivity contribution in [3.8, 4) is 0 Å². The molecular formula is C9H19N3O2S. The first kappa shape index (κ1) is 11.3. The van der Waals surface area contributed by atoms with Crippen LogP contribution >= 0.6 is 0 Å². The molecule has 2 aliphatic rings. The van der Waals surface area contributed by atoms with Crippen molar-refractivity contribution in [1.82, 2.24) is 9.03 Å². The van der Waals surface area contributed by atoms with E-state index in [1.807, 2.05) is 0 Å². The molecule has 0 aromatic carbocycles. The summed E-state index contributed by atoms with van der Waals surface area (Å²) in [6, 6.07) is -0.0596. The molecular weight excluding hydrogens is 214 g/mol. The Hall–Kier alpha value is -0.170. The third kappa shape index (κ3) is 2.69. The minimum atomic E-state index is -3.27. The molecule has 1 atom stereocenters. The van der Waals surface area contributed by atoms with Crippen LogP contribution in [-0.2, 0) is 10.2 Å². The molecule has 1 aliphatic carbocycles. The molecule has 1 saturated carbocycles. The Morgan fingerprint density at radius 1 is 1.33 bits per heavy atom. The van der Waals surface area contributed by atoms with Gasteiger partial charge in [-0.2, -0.15) is 17.4 Å². The number of hydrogen-bond donors (Lipinski definition) is 2. The minimum Gasteiger partial charge on any atom is -0.329 e. The van der Waals surface area contributed by atoms with Crippen molar-refractivity contribution in [1.29, 1.82) is 0 Å². The van der Waals surface area contributed by atoms with Crippen molar-refractivity contribution >= 4 is 10.2 Å². The van der Waals surface area contributed by atoms with Gasteiger partial charge in [-0.15, -0.1) is 0 Å².